The number of thioether (sulfide) groups is 5. The van der Waals surface area contributed by atoms with Crippen LogP contribution in [0.3, 0.4) is 0 Å². The second-order valence-electron chi connectivity index (χ2n) is 35.0. The predicted molar refractivity (Wildman–Crippen MR) is 577 cm³/mol. The maximum atomic E-state index is 12.8. The molecule has 25 nitrogen and oxygen atoms in total. The van der Waals surface area contributed by atoms with E-state index in [1.807, 2.05) is 196 Å². The first-order valence-electron chi connectivity index (χ1n) is 47.7. The summed E-state index contributed by atoms with van der Waals surface area (Å²) in [6.45, 7) is 4.12. The molecule has 14 aromatic carbocycles. The Kier molecular flexibility index (Phi) is 39.8. The van der Waals surface area contributed by atoms with E-state index in [9.17, 15) is 73.5 Å². The van der Waals surface area contributed by atoms with E-state index in [-0.39, 0.29) is 72.1 Å². The Bertz CT molecular complexity index is 6760. The van der Waals surface area contributed by atoms with Crippen molar-refractivity contribution >= 4 is 163 Å². The smallest absolute Gasteiger partial charge is 0.338 e. The largest absolute Gasteiger partial charge is 0.461 e. The molecule has 5 N–H and O–H groups in total. The van der Waals surface area contributed by atoms with Gasteiger partial charge in [0, 0.05) is 42.1 Å². The molecule has 0 spiro atoms. The molecule has 149 heavy (non-hydrogen) atoms. The Morgan fingerprint density at radius 2 is 0.409 bits per heavy atom. The van der Waals surface area contributed by atoms with Crippen LogP contribution in [0.25, 0.3) is 43.8 Å². The van der Waals surface area contributed by atoms with Crippen LogP contribution in [-0.4, -0.2) is 202 Å². The second-order valence-corrected chi connectivity index (χ2v) is 43.0. The van der Waals surface area contributed by atoms with Gasteiger partial charge >= 0.3 is 59.7 Å². The predicted octanol–water partition coefficient (Wildman–Crippen LogP) is 22.0. The third kappa shape index (κ3) is 32.0. The van der Waals surface area contributed by atoms with Gasteiger partial charge in [0.25, 0.3) is 0 Å². The molecule has 5 heterocycles. The van der Waals surface area contributed by atoms with Crippen molar-refractivity contribution in [2.24, 2.45) is 0 Å². The summed E-state index contributed by atoms with van der Waals surface area (Å²) >= 11 is 17.8. The van der Waals surface area contributed by atoms with Crippen LogP contribution in [0.5, 0.6) is 0 Å². The van der Waals surface area contributed by atoms with Crippen molar-refractivity contribution in [1.82, 2.24) is 0 Å². The van der Waals surface area contributed by atoms with E-state index in [0.717, 1.165) is 54.9 Å². The number of aryl methyl sites for hydroxylation is 2. The second kappa shape index (κ2) is 54.0. The lowest BCUT2D eigenvalue weighted by Gasteiger charge is -2.19. The van der Waals surface area contributed by atoms with Crippen LogP contribution in [0.2, 0.25) is 10.0 Å². The molecule has 19 rings (SSSR count). The molecule has 0 saturated carbocycles. The normalized spacial score (nSPS) is 20.7. The summed E-state index contributed by atoms with van der Waals surface area (Å²) in [5.74, 6) is -4.58. The highest BCUT2D eigenvalue weighted by atomic mass is 35.5. The van der Waals surface area contributed by atoms with Crippen LogP contribution in [0.4, 0.5) is 0 Å². The van der Waals surface area contributed by atoms with E-state index in [2.05, 4.69) is 0 Å². The summed E-state index contributed by atoms with van der Waals surface area (Å²) in [5, 5.41) is 53.4. The van der Waals surface area contributed by atoms with Gasteiger partial charge in [0.1, 0.15) is 90.7 Å². The summed E-state index contributed by atoms with van der Waals surface area (Å²) < 4.78 is 55.1. The highest BCUT2D eigenvalue weighted by Crippen LogP contribution is 2.42. The lowest BCUT2D eigenvalue weighted by molar-refractivity contribution is 0.0161. The van der Waals surface area contributed by atoms with Crippen LogP contribution in [-0.2, 0) is 47.4 Å². The fraction of sp³-hybridized carbons (Fsp3) is 0.231. The minimum atomic E-state index is -0.688. The number of benzene rings is 14. The van der Waals surface area contributed by atoms with Crippen LogP contribution in [0, 0.1) is 13.8 Å². The highest BCUT2D eigenvalue weighted by Gasteiger charge is 2.44. The molecule has 5 aliphatic rings. The third-order valence-corrected chi connectivity index (χ3v) is 31.3. The average Bonchev–Trinajstić information content (AvgIpc) is 1.32. The van der Waals surface area contributed by atoms with E-state index < -0.39 is 117 Å². The lowest BCUT2D eigenvalue weighted by Crippen LogP contribution is -2.29. The van der Waals surface area contributed by atoms with E-state index in [0.29, 0.717) is 84.9 Å². The Labute approximate surface area is 891 Å². The molecule has 0 radical (unpaired) electrons. The Balaban J connectivity index is 0.000000140. The molecule has 5 saturated heterocycles. The summed E-state index contributed by atoms with van der Waals surface area (Å²) in [6, 6.07) is 105. The van der Waals surface area contributed by atoms with Crippen molar-refractivity contribution in [3.8, 4) is 22.3 Å². The zero-order valence-electron chi connectivity index (χ0n) is 80.4. The number of aliphatic hydroxyl groups is 5. The first-order valence-corrected chi connectivity index (χ1v) is 53.2. The first kappa shape index (κ1) is 110. The van der Waals surface area contributed by atoms with Crippen LogP contribution < -0.4 is 0 Å². The van der Waals surface area contributed by atoms with Gasteiger partial charge in [0.2, 0.25) is 0 Å². The van der Waals surface area contributed by atoms with Crippen molar-refractivity contribution in [3.05, 3.63) is 429 Å². The van der Waals surface area contributed by atoms with Crippen molar-refractivity contribution in [3.63, 3.8) is 0 Å². The summed E-state index contributed by atoms with van der Waals surface area (Å²) in [5.41, 5.74) is 7.28. The molecule has 5 aliphatic heterocycles. The SMILES string of the molecule is Cc1ccc(C(=O)OC[C@H]2SC(O)C[C@H]2OC(=O)c2ccc(C)cc2)cc1.O=C(OC[C@H]1SC(O)C[C@H]1OC(=O)c1ccc(-c2ccccc2)cc1)c1ccc(-c2ccccc2)cc1.O=C(OC[C@H]1SC(O)C[C@H]1OC(=O)c1ccc(Cl)cc1)c1ccc(Cl)cc1.O=C(OC[C@H]1SC(O)C[C@H]1OC(=O)c1ccc2ccccc2c1)c1ccc2ccccc2c1.O=C(OC[C@H]1SC(O)C[C@H]1OC(=O)c1ccccc1)c1ccccc1. The van der Waals surface area contributed by atoms with Gasteiger partial charge in [-0.3, -0.25) is 0 Å². The minimum Gasteiger partial charge on any atom is -0.461 e. The molecule has 32 heteroatoms. The zero-order chi connectivity index (χ0) is 105. The number of esters is 10. The van der Waals surface area contributed by atoms with Gasteiger partial charge in [-0.25, -0.2) is 47.9 Å². The Morgan fingerprint density at radius 1 is 0.221 bits per heavy atom. The van der Waals surface area contributed by atoms with Crippen LogP contribution in [0.1, 0.15) is 147 Å². The molecule has 0 bridgehead atoms. The van der Waals surface area contributed by atoms with Crippen molar-refractivity contribution in [2.75, 3.05) is 33.0 Å². The quantitative estimate of drug-likeness (QED) is 0.0236. The number of hydrogen-bond donors (Lipinski definition) is 5. The number of halogens is 2. The van der Waals surface area contributed by atoms with Gasteiger partial charge in [0.05, 0.1) is 81.9 Å². The molecule has 14 aromatic rings. The number of carbonyl (C=O) groups excluding carboxylic acids is 10. The number of hydrogen-bond acceptors (Lipinski definition) is 30. The topological polar surface area (TPSA) is 364 Å². The number of aliphatic hydroxyl groups excluding tert-OH is 5. The number of carbonyl (C=O) groups is 10. The van der Waals surface area contributed by atoms with E-state index in [1.165, 1.54) is 58.8 Å². The van der Waals surface area contributed by atoms with Crippen LogP contribution >= 0.6 is 82.0 Å². The summed E-state index contributed by atoms with van der Waals surface area (Å²) in [6.07, 6.45) is -1.21. The Morgan fingerprint density at radius 3 is 0.685 bits per heavy atom. The fourth-order valence-corrected chi connectivity index (χ4v) is 22.5. The molecule has 0 aliphatic carbocycles. The maximum absolute atomic E-state index is 12.8. The lowest BCUT2D eigenvalue weighted by atomic mass is 10.0. The van der Waals surface area contributed by atoms with Gasteiger partial charge in [0.15, 0.2) is 0 Å². The molecule has 5 fully saturated rings. The minimum absolute atomic E-state index is 0.0156. The highest BCUT2D eigenvalue weighted by molar-refractivity contribution is 8.01. The van der Waals surface area contributed by atoms with E-state index >= 15 is 0 Å². The monoisotopic (exact) mass is 2140 g/mol. The van der Waals surface area contributed by atoms with E-state index in [1.54, 1.807) is 170 Å². The molecule has 15 atom stereocenters. The molecule has 0 amide bonds. The number of fused-ring (bicyclic) bond motifs is 2. The van der Waals surface area contributed by atoms with E-state index in [4.69, 9.17) is 70.6 Å². The van der Waals surface area contributed by atoms with Gasteiger partial charge in [-0.2, -0.15) is 0 Å². The summed E-state index contributed by atoms with van der Waals surface area (Å²) in [7, 11) is 0. The van der Waals surface area contributed by atoms with Crippen molar-refractivity contribution < 1.29 is 121 Å². The molecule has 766 valence electrons. The number of rotatable bonds is 27. The van der Waals surface area contributed by atoms with Gasteiger partial charge < -0.3 is 72.9 Å². The van der Waals surface area contributed by atoms with Gasteiger partial charge in [-0.05, 0) is 203 Å². The standard InChI is InChI=1S/C31H26O5S.C27H22O5S.C21H22O5S.C19H16Cl2O5S.C19H18O5S/c32-29-19-27(36-31(34)26-17-13-24(14-18-26)22-9-5-2-6-10-22)28(37-29)20-35-30(33)25-15-11-23(12-16-25)21-7-3-1-4-8-21;28-25-15-23(32-27(30)22-12-10-18-6-2-4-8-20(18)14-22)24(33-25)16-31-26(29)21-11-9-17-5-1-3-7-19(17)13-21;1-13-3-7-15(8-4-13)20(23)25-12-18-17(11-19(22)27-18)26-21(24)16-9-5-14(2)6-10-16;20-13-5-1-11(2-6-13)18(23)25-10-16-15(9-17(22)27-16)26-19(24)12-3-7-14(21)8-4-12;20-17-11-15(24-19(22)14-9-5-2-6-10-14)16(25-17)12-23-18(21)13-7-3-1-4-8-13/h1-18,27-29,32H,19-20H2;1-14,23-25,28H,15-16H2;3-10,17-19,22H,11-12H2,1-2H3;1-8,15-17,22H,9-10H2;1-10,15-17,20H,11-12H2/t27-,28-,29?;23-,24-,25?;17-,18-,19?;2*15-,16-,17?/m11111/s1. The molecular weight excluding hydrogens is 2040 g/mol. The third-order valence-electron chi connectivity index (χ3n) is 24.3. The molecule has 5 unspecified atom stereocenters. The first-order chi connectivity index (χ1) is 72.1. The van der Waals surface area contributed by atoms with Crippen molar-refractivity contribution in [1.29, 1.82) is 0 Å². The van der Waals surface area contributed by atoms with Crippen LogP contribution in [0.15, 0.2) is 352 Å². The Hall–Kier alpha value is -13.6. The maximum Gasteiger partial charge on any atom is 0.338 e. The van der Waals surface area contributed by atoms with Gasteiger partial charge in [-0.1, -0.05) is 241 Å². The zero-order valence-corrected chi connectivity index (χ0v) is 86.0. The molecular formula is C117H104Cl2O25S5. The molecule has 0 aromatic heterocycles. The fourth-order valence-electron chi connectivity index (χ4n) is 16.3. The van der Waals surface area contributed by atoms with Gasteiger partial charge in [-0.15, -0.1) is 58.8 Å². The average molecular weight is 2140 g/mol. The summed E-state index contributed by atoms with van der Waals surface area (Å²) in [4.78, 5) is 124. The van der Waals surface area contributed by atoms with Crippen molar-refractivity contribution in [2.45, 2.75) is 130 Å². The number of ether oxygens (including phenoxy) is 10.